The van der Waals surface area contributed by atoms with Gasteiger partial charge in [0.1, 0.15) is 5.82 Å². The number of H-pyrrole nitrogens is 1. The minimum atomic E-state index is -0.0337. The third kappa shape index (κ3) is 3.72. The Morgan fingerprint density at radius 1 is 1.40 bits per heavy atom. The molecular weight excluding hydrogens is 332 g/mol. The van der Waals surface area contributed by atoms with Crippen LogP contribution in [0, 0.1) is 11.3 Å². The van der Waals surface area contributed by atoms with Gasteiger partial charge in [-0.3, -0.25) is 4.79 Å². The van der Waals surface area contributed by atoms with Gasteiger partial charge in [-0.25, -0.2) is 4.98 Å². The average molecular weight is 354 g/mol. The van der Waals surface area contributed by atoms with Crippen molar-refractivity contribution in [3.05, 3.63) is 41.9 Å². The Morgan fingerprint density at radius 3 is 2.84 bits per heavy atom. The van der Waals surface area contributed by atoms with E-state index < -0.39 is 0 Å². The maximum Gasteiger partial charge on any atom is 0.236 e. The van der Waals surface area contributed by atoms with Crippen LogP contribution in [-0.2, 0) is 4.79 Å². The second kappa shape index (κ2) is 7.75. The molecule has 1 aromatic heterocycles. The van der Waals surface area contributed by atoms with Gasteiger partial charge in [0, 0.05) is 6.54 Å². The van der Waals surface area contributed by atoms with E-state index in [4.69, 9.17) is 5.26 Å². The number of carbonyl (C=O) groups is 1. The van der Waals surface area contributed by atoms with Crippen molar-refractivity contribution in [3.8, 4) is 17.3 Å². The number of thioether (sulfide) groups is 1. The Hall–Kier alpha value is -2.26. The molecule has 1 aliphatic heterocycles. The van der Waals surface area contributed by atoms with E-state index in [0.717, 1.165) is 42.9 Å². The first-order valence-corrected chi connectivity index (χ1v) is 9.81. The quantitative estimate of drug-likeness (QED) is 0.907. The van der Waals surface area contributed by atoms with Crippen molar-refractivity contribution in [2.24, 2.45) is 0 Å². The summed E-state index contributed by atoms with van der Waals surface area (Å²) in [6.45, 7) is 2.75. The minimum absolute atomic E-state index is 0.0166. The molecule has 3 rings (SSSR count). The molecule has 5 nitrogen and oxygen atoms in total. The molecule has 25 heavy (non-hydrogen) atoms. The number of amides is 1. The van der Waals surface area contributed by atoms with Crippen LogP contribution in [0.3, 0.4) is 0 Å². The first-order chi connectivity index (χ1) is 12.1. The van der Waals surface area contributed by atoms with E-state index in [1.54, 1.807) is 23.9 Å². The second-order valence-electron chi connectivity index (χ2n) is 6.29. The highest BCUT2D eigenvalue weighted by atomic mass is 32.2. The van der Waals surface area contributed by atoms with Crippen molar-refractivity contribution in [2.45, 2.75) is 37.5 Å². The van der Waals surface area contributed by atoms with Gasteiger partial charge in [0.2, 0.25) is 5.91 Å². The number of aromatic nitrogens is 2. The summed E-state index contributed by atoms with van der Waals surface area (Å²) >= 11 is 1.58. The molecule has 1 aliphatic rings. The van der Waals surface area contributed by atoms with Crippen molar-refractivity contribution in [1.82, 2.24) is 14.9 Å². The summed E-state index contributed by atoms with van der Waals surface area (Å²) in [5.41, 5.74) is 2.54. The molecule has 0 saturated carbocycles. The summed E-state index contributed by atoms with van der Waals surface area (Å²) in [4.78, 5) is 22.6. The van der Waals surface area contributed by atoms with Crippen molar-refractivity contribution < 1.29 is 4.79 Å². The molecule has 0 radical (unpaired) electrons. The van der Waals surface area contributed by atoms with Crippen LogP contribution in [0.4, 0.5) is 0 Å². The monoisotopic (exact) mass is 354 g/mol. The van der Waals surface area contributed by atoms with Gasteiger partial charge in [-0.1, -0.05) is 12.1 Å². The van der Waals surface area contributed by atoms with Gasteiger partial charge in [0.15, 0.2) is 0 Å². The fraction of sp³-hybridized carbons (Fsp3) is 0.421. The first-order valence-electron chi connectivity index (χ1n) is 8.52. The van der Waals surface area contributed by atoms with Gasteiger partial charge in [0.25, 0.3) is 0 Å². The molecular formula is C19H22N4OS. The lowest BCUT2D eigenvalue weighted by molar-refractivity contribution is -0.134. The molecule has 2 atom stereocenters. The number of nitrogens with one attached hydrogen (secondary N) is 1. The van der Waals surface area contributed by atoms with E-state index >= 15 is 0 Å². The molecule has 6 heteroatoms. The molecule has 1 saturated heterocycles. The number of rotatable bonds is 4. The van der Waals surface area contributed by atoms with Gasteiger partial charge >= 0.3 is 0 Å². The van der Waals surface area contributed by atoms with Gasteiger partial charge < -0.3 is 9.88 Å². The molecule has 130 valence electrons. The van der Waals surface area contributed by atoms with Gasteiger partial charge in [-0.15, -0.1) is 0 Å². The van der Waals surface area contributed by atoms with Crippen molar-refractivity contribution in [3.63, 3.8) is 0 Å². The van der Waals surface area contributed by atoms with Gasteiger partial charge in [0.05, 0.1) is 34.8 Å². The van der Waals surface area contributed by atoms with E-state index in [0.29, 0.717) is 5.56 Å². The van der Waals surface area contributed by atoms with Crippen LogP contribution in [-0.4, -0.2) is 38.8 Å². The number of hydrogen-bond donors (Lipinski definition) is 1. The lowest BCUT2D eigenvalue weighted by atomic mass is 10.0. The highest BCUT2D eigenvalue weighted by Gasteiger charge is 2.32. The molecule has 1 fully saturated rings. The third-order valence-electron chi connectivity index (χ3n) is 4.72. The average Bonchev–Trinajstić information content (AvgIpc) is 3.17. The molecule has 2 aromatic rings. The summed E-state index contributed by atoms with van der Waals surface area (Å²) < 4.78 is 0. The summed E-state index contributed by atoms with van der Waals surface area (Å²) in [6.07, 6.45) is 6.87. The number of piperidine rings is 1. The van der Waals surface area contributed by atoms with Crippen molar-refractivity contribution in [1.29, 1.82) is 5.26 Å². The molecule has 0 spiro atoms. The zero-order valence-electron chi connectivity index (χ0n) is 14.5. The Bertz CT molecular complexity index is 777. The maximum atomic E-state index is 12.7. The van der Waals surface area contributed by atoms with E-state index in [9.17, 15) is 4.79 Å². The van der Waals surface area contributed by atoms with E-state index in [1.807, 2.05) is 36.4 Å². The minimum Gasteiger partial charge on any atom is -0.340 e. The lowest BCUT2D eigenvalue weighted by Gasteiger charge is -2.36. The van der Waals surface area contributed by atoms with Crippen LogP contribution < -0.4 is 0 Å². The van der Waals surface area contributed by atoms with E-state index in [2.05, 4.69) is 16.0 Å². The predicted molar refractivity (Wildman–Crippen MR) is 100 cm³/mol. The Morgan fingerprint density at radius 2 is 2.16 bits per heavy atom. The number of nitriles is 1. The molecule has 2 heterocycles. The number of carbonyl (C=O) groups excluding carboxylic acids is 1. The third-order valence-corrected chi connectivity index (χ3v) is 5.63. The molecule has 2 unspecified atom stereocenters. The van der Waals surface area contributed by atoms with Crippen LogP contribution in [0.1, 0.15) is 43.6 Å². The zero-order valence-corrected chi connectivity index (χ0v) is 15.3. The number of hydrogen-bond acceptors (Lipinski definition) is 4. The summed E-state index contributed by atoms with van der Waals surface area (Å²) in [6, 6.07) is 9.56. The SMILES string of the molecule is CSC(C)C(=O)N1CCCCC1c1ncc(-c2ccc(C#N)cc2)[nH]1. The highest BCUT2D eigenvalue weighted by Crippen LogP contribution is 2.32. The van der Waals surface area contributed by atoms with Gasteiger partial charge in [-0.05, 0) is 50.1 Å². The Labute approximate surface area is 152 Å². The van der Waals surface area contributed by atoms with Crippen molar-refractivity contribution in [2.75, 3.05) is 12.8 Å². The second-order valence-corrected chi connectivity index (χ2v) is 7.47. The zero-order chi connectivity index (χ0) is 17.8. The first kappa shape index (κ1) is 17.6. The standard InChI is InChI=1S/C19H22N4OS/c1-13(25-2)19(24)23-10-4-3-5-17(23)18-21-12-16(22-18)15-8-6-14(11-20)7-9-15/h6-9,12-13,17H,3-5,10H2,1-2H3,(H,21,22). The Balaban J connectivity index is 1.83. The number of aromatic amines is 1. The topological polar surface area (TPSA) is 72.8 Å². The Kier molecular flexibility index (Phi) is 5.44. The molecule has 0 aliphatic carbocycles. The summed E-state index contributed by atoms with van der Waals surface area (Å²) in [5.74, 6) is 1.04. The smallest absolute Gasteiger partial charge is 0.236 e. The number of likely N-dealkylation sites (tertiary alicyclic amines) is 1. The van der Waals surface area contributed by atoms with Crippen molar-refractivity contribution >= 4 is 17.7 Å². The summed E-state index contributed by atoms with van der Waals surface area (Å²) in [7, 11) is 0. The molecule has 1 amide bonds. The van der Waals surface area contributed by atoms with Crippen LogP contribution in [0.5, 0.6) is 0 Å². The maximum absolute atomic E-state index is 12.7. The number of nitrogens with zero attached hydrogens (tertiary/aromatic N) is 3. The largest absolute Gasteiger partial charge is 0.340 e. The predicted octanol–water partition coefficient (Wildman–Crippen LogP) is 3.75. The van der Waals surface area contributed by atoms with Crippen LogP contribution >= 0.6 is 11.8 Å². The summed E-state index contributed by atoms with van der Waals surface area (Å²) in [5, 5.41) is 8.88. The van der Waals surface area contributed by atoms with Crippen LogP contribution in [0.2, 0.25) is 0 Å². The fourth-order valence-electron chi connectivity index (χ4n) is 3.19. The fourth-order valence-corrected chi connectivity index (χ4v) is 3.53. The van der Waals surface area contributed by atoms with Crippen LogP contribution in [0.25, 0.3) is 11.3 Å². The lowest BCUT2D eigenvalue weighted by Crippen LogP contribution is -2.42. The number of benzene rings is 1. The molecule has 0 bridgehead atoms. The number of imidazole rings is 1. The van der Waals surface area contributed by atoms with E-state index in [-0.39, 0.29) is 17.2 Å². The normalized spacial score (nSPS) is 18.6. The van der Waals surface area contributed by atoms with Crippen LogP contribution in [0.15, 0.2) is 30.5 Å². The van der Waals surface area contributed by atoms with E-state index in [1.165, 1.54) is 0 Å². The van der Waals surface area contributed by atoms with Gasteiger partial charge in [-0.2, -0.15) is 17.0 Å². The molecule has 1 aromatic carbocycles. The molecule has 1 N–H and O–H groups in total. The highest BCUT2D eigenvalue weighted by molar-refractivity contribution is 7.99.